The number of hydrogen-bond acceptors (Lipinski definition) is 8. The highest BCUT2D eigenvalue weighted by molar-refractivity contribution is 9.10. The summed E-state index contributed by atoms with van der Waals surface area (Å²) in [6.45, 7) is 1.31. The number of nitrogens with zero attached hydrogens (tertiary/aromatic N) is 2. The van der Waals surface area contributed by atoms with E-state index in [1.54, 1.807) is 24.3 Å². The second-order valence-corrected chi connectivity index (χ2v) is 14.6. The maximum Gasteiger partial charge on any atom is 0.269 e. The molecule has 2 aromatic carbocycles. The molecule has 0 saturated carbocycles. The summed E-state index contributed by atoms with van der Waals surface area (Å²) >= 11 is 3.30. The zero-order valence-corrected chi connectivity index (χ0v) is 21.8. The van der Waals surface area contributed by atoms with Gasteiger partial charge in [-0.3, -0.25) is 4.79 Å². The van der Waals surface area contributed by atoms with Crippen LogP contribution in [0.3, 0.4) is 0 Å². The molecule has 1 aliphatic rings. The third-order valence-electron chi connectivity index (χ3n) is 4.80. The van der Waals surface area contributed by atoms with Crippen LogP contribution < -0.4 is 10.2 Å². The Morgan fingerprint density at radius 2 is 1.45 bits per heavy atom. The molecular weight excluding hydrogens is 558 g/mol. The minimum Gasteiger partial charge on any atom is -0.371 e. The molecule has 10 nitrogen and oxygen atoms in total. The van der Waals surface area contributed by atoms with Gasteiger partial charge >= 0.3 is 0 Å². The Hall–Kier alpha value is -2.00. The van der Waals surface area contributed by atoms with Crippen molar-refractivity contribution in [1.82, 2.24) is 3.12 Å². The molecule has 0 bridgehead atoms. The molecule has 1 fully saturated rings. The van der Waals surface area contributed by atoms with Crippen molar-refractivity contribution >= 4 is 63.3 Å². The molecular formula is C19H22BrN3O7S3. The first-order valence-corrected chi connectivity index (χ1v) is 15.6. The van der Waals surface area contributed by atoms with Crippen molar-refractivity contribution in [3.8, 4) is 0 Å². The lowest BCUT2D eigenvalue weighted by atomic mass is 10.1. The molecule has 0 spiro atoms. The van der Waals surface area contributed by atoms with E-state index in [4.69, 9.17) is 0 Å². The number of anilines is 2. The lowest BCUT2D eigenvalue weighted by molar-refractivity contribution is 0.102. The van der Waals surface area contributed by atoms with Crippen LogP contribution in [-0.4, -0.2) is 59.9 Å². The van der Waals surface area contributed by atoms with Crippen LogP contribution >= 0.6 is 15.9 Å². The van der Waals surface area contributed by atoms with Gasteiger partial charge in [-0.05, 0) is 55.3 Å². The molecule has 1 heterocycles. The van der Waals surface area contributed by atoms with E-state index >= 15 is 0 Å². The standard InChI is InChI=1S/C19H22BrN3O7S3/c1-31(25,26)23(32(2,27)28)33(29,30)16-9-10-18(22-11-3-4-12-22)17(13-16)19(24)21-15-7-5-14(20)6-8-15/h5-10,13H,3-4,11-12H2,1-2H3,(H,21,24). The van der Waals surface area contributed by atoms with Crippen LogP contribution in [0.4, 0.5) is 11.4 Å². The first-order chi connectivity index (χ1) is 15.2. The van der Waals surface area contributed by atoms with E-state index < -0.39 is 44.0 Å². The average molecular weight is 581 g/mol. The predicted molar refractivity (Wildman–Crippen MR) is 129 cm³/mol. The van der Waals surface area contributed by atoms with Crippen molar-refractivity contribution in [3.63, 3.8) is 0 Å². The van der Waals surface area contributed by atoms with E-state index in [1.165, 1.54) is 6.07 Å². The fourth-order valence-corrected chi connectivity index (χ4v) is 9.79. The van der Waals surface area contributed by atoms with E-state index in [0.717, 1.165) is 29.4 Å². The third kappa shape index (κ3) is 5.74. The molecule has 33 heavy (non-hydrogen) atoms. The van der Waals surface area contributed by atoms with Gasteiger partial charge in [-0.1, -0.05) is 15.9 Å². The van der Waals surface area contributed by atoms with E-state index in [2.05, 4.69) is 21.2 Å². The normalized spacial score (nSPS) is 15.1. The van der Waals surface area contributed by atoms with Crippen LogP contribution in [0.25, 0.3) is 0 Å². The fraction of sp³-hybridized carbons (Fsp3) is 0.316. The molecule has 0 unspecified atom stereocenters. The number of benzene rings is 2. The quantitative estimate of drug-likeness (QED) is 0.526. The lowest BCUT2D eigenvalue weighted by Gasteiger charge is -2.23. The first kappa shape index (κ1) is 25.6. The maximum atomic E-state index is 13.1. The molecule has 3 rings (SSSR count). The molecule has 0 atom stereocenters. The van der Waals surface area contributed by atoms with Crippen LogP contribution in [0.1, 0.15) is 23.2 Å². The number of carbonyl (C=O) groups is 1. The van der Waals surface area contributed by atoms with Gasteiger partial charge in [0, 0.05) is 32.1 Å². The van der Waals surface area contributed by atoms with E-state index in [-0.39, 0.29) is 5.56 Å². The number of nitrogens with one attached hydrogen (secondary N) is 1. The van der Waals surface area contributed by atoms with Crippen molar-refractivity contribution in [1.29, 1.82) is 0 Å². The van der Waals surface area contributed by atoms with Gasteiger partial charge in [0.1, 0.15) is 0 Å². The number of carbonyl (C=O) groups excluding carboxylic acids is 1. The number of hydrogen-bond donors (Lipinski definition) is 1. The highest BCUT2D eigenvalue weighted by atomic mass is 79.9. The molecule has 1 amide bonds. The first-order valence-electron chi connectivity index (χ1n) is 9.63. The summed E-state index contributed by atoms with van der Waals surface area (Å²) in [7, 11) is -14.4. The highest BCUT2D eigenvalue weighted by Crippen LogP contribution is 2.30. The smallest absolute Gasteiger partial charge is 0.269 e. The summed E-state index contributed by atoms with van der Waals surface area (Å²) in [6.07, 6.45) is 2.74. The minimum atomic E-state index is -5.04. The predicted octanol–water partition coefficient (Wildman–Crippen LogP) is 2.21. The van der Waals surface area contributed by atoms with Gasteiger partial charge in [-0.2, -0.15) is 0 Å². The van der Waals surface area contributed by atoms with Gasteiger partial charge in [-0.25, -0.2) is 25.3 Å². The monoisotopic (exact) mass is 579 g/mol. The SMILES string of the molecule is CS(=O)(=O)N(S(C)(=O)=O)S(=O)(=O)c1ccc(N2CCCC2)c(C(=O)Nc2ccc(Br)cc2)c1. The molecule has 0 radical (unpaired) electrons. The molecule has 1 saturated heterocycles. The zero-order valence-electron chi connectivity index (χ0n) is 17.7. The van der Waals surface area contributed by atoms with Gasteiger partial charge in [-0.15, -0.1) is 0 Å². The van der Waals surface area contributed by atoms with Crippen molar-refractivity contribution in [2.24, 2.45) is 0 Å². The van der Waals surface area contributed by atoms with E-state index in [9.17, 15) is 30.0 Å². The van der Waals surface area contributed by atoms with Crippen LogP contribution in [0.2, 0.25) is 0 Å². The number of rotatable bonds is 7. The Morgan fingerprint density at radius 3 is 1.97 bits per heavy atom. The molecule has 0 aliphatic carbocycles. The summed E-state index contributed by atoms with van der Waals surface area (Å²) in [5.41, 5.74) is 0.895. The molecule has 0 aromatic heterocycles. The zero-order chi connectivity index (χ0) is 24.6. The van der Waals surface area contributed by atoms with Crippen LogP contribution in [0, 0.1) is 0 Å². The van der Waals surface area contributed by atoms with Crippen molar-refractivity contribution < 1.29 is 30.0 Å². The number of halogens is 1. The summed E-state index contributed by atoms with van der Waals surface area (Å²) in [4.78, 5) is 14.4. The Labute approximate surface area is 201 Å². The van der Waals surface area contributed by atoms with Gasteiger partial charge < -0.3 is 10.2 Å². The van der Waals surface area contributed by atoms with Crippen molar-refractivity contribution in [3.05, 3.63) is 52.5 Å². The van der Waals surface area contributed by atoms with Crippen molar-refractivity contribution in [2.75, 3.05) is 35.8 Å². The Bertz CT molecular complexity index is 1350. The third-order valence-corrected chi connectivity index (χ3v) is 12.1. The molecule has 1 N–H and O–H groups in total. The second kappa shape index (κ2) is 9.33. The van der Waals surface area contributed by atoms with Crippen LogP contribution in [0.5, 0.6) is 0 Å². The summed E-state index contributed by atoms with van der Waals surface area (Å²) in [5, 5.41) is 2.69. The molecule has 1 aliphatic heterocycles. The highest BCUT2D eigenvalue weighted by Gasteiger charge is 2.41. The van der Waals surface area contributed by atoms with E-state index in [1.807, 2.05) is 4.90 Å². The Morgan fingerprint density at radius 1 is 0.909 bits per heavy atom. The Balaban J connectivity index is 2.13. The van der Waals surface area contributed by atoms with Gasteiger partial charge in [0.2, 0.25) is 20.0 Å². The largest absolute Gasteiger partial charge is 0.371 e. The summed E-state index contributed by atoms with van der Waals surface area (Å²) in [6, 6.07) is 10.2. The average Bonchev–Trinajstić information content (AvgIpc) is 3.21. The van der Waals surface area contributed by atoms with Crippen molar-refractivity contribution in [2.45, 2.75) is 17.7 Å². The maximum absolute atomic E-state index is 13.1. The molecule has 180 valence electrons. The summed E-state index contributed by atoms with van der Waals surface area (Å²) < 4.78 is 74.5. The fourth-order valence-electron chi connectivity index (χ4n) is 3.51. The van der Waals surface area contributed by atoms with Crippen LogP contribution in [-0.2, 0) is 30.1 Å². The van der Waals surface area contributed by atoms with Gasteiger partial charge in [0.05, 0.1) is 23.0 Å². The van der Waals surface area contributed by atoms with Gasteiger partial charge in [0.25, 0.3) is 15.9 Å². The Kier molecular flexibility index (Phi) is 7.24. The topological polar surface area (TPSA) is 138 Å². The molecule has 14 heteroatoms. The van der Waals surface area contributed by atoms with Gasteiger partial charge in [0.15, 0.2) is 0 Å². The van der Waals surface area contributed by atoms with Crippen LogP contribution in [0.15, 0.2) is 51.8 Å². The number of sulfonamides is 3. The lowest BCUT2D eigenvalue weighted by Crippen LogP contribution is -2.40. The molecule has 2 aromatic rings. The van der Waals surface area contributed by atoms with E-state index in [0.29, 0.717) is 37.0 Å². The number of amides is 1. The summed E-state index contributed by atoms with van der Waals surface area (Å²) in [5.74, 6) is -0.624. The minimum absolute atomic E-state index is 0.0251. The second-order valence-electron chi connectivity index (χ2n) is 7.50.